The van der Waals surface area contributed by atoms with Gasteiger partial charge in [0.05, 0.1) is 0 Å². The van der Waals surface area contributed by atoms with Gasteiger partial charge in [-0.1, -0.05) is 97.8 Å². The molecule has 0 amide bonds. The molecule has 0 bridgehead atoms. The summed E-state index contributed by atoms with van der Waals surface area (Å²) in [5.74, 6) is 0.901. The Bertz CT molecular complexity index is 143. The van der Waals surface area contributed by atoms with Crippen LogP contribution >= 0.6 is 0 Å². The summed E-state index contributed by atoms with van der Waals surface area (Å²) in [5, 5.41) is 0. The van der Waals surface area contributed by atoms with Crippen LogP contribution in [0.15, 0.2) is 0 Å². The van der Waals surface area contributed by atoms with Gasteiger partial charge in [-0.15, -0.1) is 0 Å². The molecule has 0 radical (unpaired) electrons. The number of hydrogen-bond acceptors (Lipinski definition) is 3. The summed E-state index contributed by atoms with van der Waals surface area (Å²) in [4.78, 5) is 0. The van der Waals surface area contributed by atoms with Gasteiger partial charge in [0.2, 0.25) is 0 Å². The van der Waals surface area contributed by atoms with Crippen LogP contribution in [0.3, 0.4) is 0 Å². The molecule has 0 atom stereocenters. The smallest absolute Gasteiger partial charge is 0.870 e. The Kier molecular flexibility index (Phi) is 80.4. The molecule has 0 spiro atoms. The fourth-order valence-electron chi connectivity index (χ4n) is 2.22. The Morgan fingerprint density at radius 2 is 0.818 bits per heavy atom. The zero-order valence-corrected chi connectivity index (χ0v) is 23.5. The van der Waals surface area contributed by atoms with E-state index in [1.807, 2.05) is 0 Å². The van der Waals surface area contributed by atoms with Gasteiger partial charge in [0, 0.05) is 0 Å². The molecule has 0 saturated heterocycles. The van der Waals surface area contributed by atoms with Crippen molar-refractivity contribution in [3.8, 4) is 0 Å². The second-order valence-electron chi connectivity index (χ2n) is 5.72. The van der Waals surface area contributed by atoms with Gasteiger partial charge in [-0.2, -0.15) is 0 Å². The quantitative estimate of drug-likeness (QED) is 0.271. The molecule has 0 saturated carbocycles. The van der Waals surface area contributed by atoms with Gasteiger partial charge in [0.25, 0.3) is 0 Å². The SMILES string of the molecule is CCCCCCCCCCCCCC(C)C.[K+].[Na+].[Na+].[OH-].[OH-].[OH-]. The molecule has 0 aromatic rings. The van der Waals surface area contributed by atoms with Crippen LogP contribution in [0.2, 0.25) is 0 Å². The van der Waals surface area contributed by atoms with Crippen LogP contribution in [-0.2, 0) is 0 Å². The molecule has 0 fully saturated rings. The molecule has 0 aromatic heterocycles. The molecule has 122 valence electrons. The van der Waals surface area contributed by atoms with Gasteiger partial charge in [-0.3, -0.25) is 0 Å². The van der Waals surface area contributed by atoms with Crippen molar-refractivity contribution in [3.05, 3.63) is 0 Å². The molecule has 3 nitrogen and oxygen atoms in total. The van der Waals surface area contributed by atoms with Crippen molar-refractivity contribution in [2.75, 3.05) is 0 Å². The zero-order chi connectivity index (χ0) is 12.1. The van der Waals surface area contributed by atoms with Crippen LogP contribution in [0, 0.1) is 5.92 Å². The predicted molar refractivity (Wildman–Crippen MR) is 81.7 cm³/mol. The van der Waals surface area contributed by atoms with E-state index in [4.69, 9.17) is 0 Å². The summed E-state index contributed by atoms with van der Waals surface area (Å²) in [5.41, 5.74) is 0. The number of unbranched alkanes of at least 4 members (excludes halogenated alkanes) is 10. The van der Waals surface area contributed by atoms with E-state index in [0.717, 1.165) is 5.92 Å². The summed E-state index contributed by atoms with van der Waals surface area (Å²) in [6, 6.07) is 0. The maximum atomic E-state index is 2.33. The van der Waals surface area contributed by atoms with E-state index in [9.17, 15) is 0 Å². The fourth-order valence-corrected chi connectivity index (χ4v) is 2.22. The van der Waals surface area contributed by atoms with Crippen molar-refractivity contribution in [2.45, 2.75) is 97.8 Å². The molecule has 0 aromatic carbocycles. The summed E-state index contributed by atoms with van der Waals surface area (Å²) < 4.78 is 0. The molecular formula is C16H37KNa2O3. The molecule has 0 aliphatic rings. The van der Waals surface area contributed by atoms with Gasteiger partial charge in [0.15, 0.2) is 0 Å². The van der Waals surface area contributed by atoms with Gasteiger partial charge in [0.1, 0.15) is 0 Å². The first-order chi connectivity index (χ1) is 7.77. The first-order valence-corrected chi connectivity index (χ1v) is 7.77. The Balaban J connectivity index is -0.0000000750. The van der Waals surface area contributed by atoms with Crippen LogP contribution in [0.25, 0.3) is 0 Å². The van der Waals surface area contributed by atoms with E-state index in [0.29, 0.717) is 0 Å². The van der Waals surface area contributed by atoms with E-state index in [1.54, 1.807) is 0 Å². The van der Waals surface area contributed by atoms with Crippen molar-refractivity contribution in [1.29, 1.82) is 0 Å². The molecule has 0 unspecified atom stereocenters. The van der Waals surface area contributed by atoms with E-state index in [-0.39, 0.29) is 127 Å². The van der Waals surface area contributed by atoms with Gasteiger partial charge in [-0.05, 0) is 5.92 Å². The number of rotatable bonds is 12. The Morgan fingerprint density at radius 1 is 0.545 bits per heavy atom. The second-order valence-corrected chi connectivity index (χ2v) is 5.72. The molecule has 0 aliphatic heterocycles. The first-order valence-electron chi connectivity index (χ1n) is 7.77. The largest absolute Gasteiger partial charge is 1.00 e. The molecule has 22 heavy (non-hydrogen) atoms. The fraction of sp³-hybridized carbons (Fsp3) is 1.00. The molecule has 0 heterocycles. The minimum atomic E-state index is 0. The Labute approximate surface area is 226 Å². The average molecular weight is 363 g/mol. The molecule has 0 rings (SSSR count). The monoisotopic (exact) mass is 362 g/mol. The van der Waals surface area contributed by atoms with Crippen LogP contribution in [0.1, 0.15) is 97.8 Å². The van der Waals surface area contributed by atoms with Crippen molar-refractivity contribution >= 4 is 0 Å². The first kappa shape index (κ1) is 44.7. The maximum absolute atomic E-state index is 2.33. The predicted octanol–water partition coefficient (Wildman–Crippen LogP) is -3.17. The molecule has 6 heteroatoms. The topological polar surface area (TPSA) is 90.0 Å². The summed E-state index contributed by atoms with van der Waals surface area (Å²) in [6.07, 6.45) is 17.5. The third-order valence-corrected chi connectivity index (χ3v) is 3.39. The van der Waals surface area contributed by atoms with E-state index in [1.165, 1.54) is 77.0 Å². The van der Waals surface area contributed by atoms with Crippen LogP contribution < -0.4 is 110 Å². The molecule has 0 aliphatic carbocycles. The summed E-state index contributed by atoms with van der Waals surface area (Å²) in [6.45, 7) is 6.95. The molecule has 3 N–H and O–H groups in total. The van der Waals surface area contributed by atoms with Gasteiger partial charge >= 0.3 is 110 Å². The standard InChI is InChI=1S/C16H34.K.2Na.3H2O/c1-4-5-6-7-8-9-10-11-12-13-14-15-16(2)3;;;;;;/h16H,4-15H2,1-3H3;;;;3*1H2/q;3*+1;;;/p-3. The summed E-state index contributed by atoms with van der Waals surface area (Å²) >= 11 is 0. The van der Waals surface area contributed by atoms with Crippen molar-refractivity contribution in [2.24, 2.45) is 5.92 Å². The van der Waals surface area contributed by atoms with E-state index < -0.39 is 0 Å². The minimum absolute atomic E-state index is 0. The van der Waals surface area contributed by atoms with Crippen LogP contribution in [-0.4, -0.2) is 16.4 Å². The second kappa shape index (κ2) is 39.5. The maximum Gasteiger partial charge on any atom is 1.00 e. The third kappa shape index (κ3) is 43.7. The van der Waals surface area contributed by atoms with Crippen LogP contribution in [0.5, 0.6) is 0 Å². The van der Waals surface area contributed by atoms with Gasteiger partial charge in [-0.25, -0.2) is 0 Å². The average Bonchev–Trinajstić information content (AvgIpc) is 2.25. The normalized spacial score (nSPS) is 8.18. The summed E-state index contributed by atoms with van der Waals surface area (Å²) in [7, 11) is 0. The molecular weight excluding hydrogens is 325 g/mol. The van der Waals surface area contributed by atoms with Gasteiger partial charge < -0.3 is 16.4 Å². The third-order valence-electron chi connectivity index (χ3n) is 3.39. The van der Waals surface area contributed by atoms with E-state index in [2.05, 4.69) is 20.8 Å². The Hall–Kier alpha value is 3.52. The van der Waals surface area contributed by atoms with Crippen molar-refractivity contribution in [1.82, 2.24) is 0 Å². The Morgan fingerprint density at radius 3 is 1.09 bits per heavy atom. The van der Waals surface area contributed by atoms with E-state index >= 15 is 0 Å². The minimum Gasteiger partial charge on any atom is -0.870 e. The van der Waals surface area contributed by atoms with Crippen LogP contribution in [0.4, 0.5) is 0 Å². The van der Waals surface area contributed by atoms with Crippen molar-refractivity contribution in [3.63, 3.8) is 0 Å². The van der Waals surface area contributed by atoms with Crippen molar-refractivity contribution < 1.29 is 127 Å². The number of hydrogen-bond donors (Lipinski definition) is 0. The zero-order valence-electron chi connectivity index (χ0n) is 16.4.